The number of piperazine rings is 1. The van der Waals surface area contributed by atoms with Gasteiger partial charge in [-0.15, -0.1) is 0 Å². The maximum Gasteiger partial charge on any atom is 0.282 e. The first-order chi connectivity index (χ1) is 14.5. The van der Waals surface area contributed by atoms with Gasteiger partial charge in [-0.25, -0.2) is 0 Å². The standard InChI is InChI=1S/C23H29N3O4/c1-16-4-6-20(28-3)19(12-16)24-23(27)17(2)26-10-8-25(9-11-26)14-18-5-7-21-22(13-18)30-15-29-21/h4-7,12-13,17H,8-11,14-15H2,1-3H3,(H,24,27)/p+2/t17-/m1/s1. The molecule has 0 aromatic heterocycles. The third kappa shape index (κ3) is 4.52. The van der Waals surface area contributed by atoms with Gasteiger partial charge in [-0.05, 0) is 49.7 Å². The molecule has 2 aliphatic heterocycles. The number of rotatable bonds is 6. The molecule has 1 saturated heterocycles. The fraction of sp³-hybridized carbons (Fsp3) is 0.435. The molecule has 1 amide bonds. The Labute approximate surface area is 177 Å². The summed E-state index contributed by atoms with van der Waals surface area (Å²) in [4.78, 5) is 15.7. The van der Waals surface area contributed by atoms with Crippen LogP contribution in [0.2, 0.25) is 0 Å². The molecule has 1 fully saturated rings. The monoisotopic (exact) mass is 413 g/mol. The van der Waals surface area contributed by atoms with Crippen molar-refractivity contribution >= 4 is 11.6 Å². The second kappa shape index (κ2) is 8.93. The Bertz CT molecular complexity index is 909. The molecule has 2 heterocycles. The van der Waals surface area contributed by atoms with Gasteiger partial charge in [0.15, 0.2) is 17.5 Å². The highest BCUT2D eigenvalue weighted by Crippen LogP contribution is 2.32. The van der Waals surface area contributed by atoms with E-state index in [9.17, 15) is 4.79 Å². The molecule has 2 aromatic rings. The average Bonchev–Trinajstić information content (AvgIpc) is 3.22. The summed E-state index contributed by atoms with van der Waals surface area (Å²) >= 11 is 0. The lowest BCUT2D eigenvalue weighted by atomic mass is 10.1. The number of aryl methyl sites for hydroxylation is 1. The van der Waals surface area contributed by atoms with Gasteiger partial charge in [-0.1, -0.05) is 6.07 Å². The second-order valence-corrected chi connectivity index (χ2v) is 8.19. The molecular formula is C23H31N3O4+2. The van der Waals surface area contributed by atoms with Crippen molar-refractivity contribution in [2.24, 2.45) is 0 Å². The van der Waals surface area contributed by atoms with E-state index in [1.165, 1.54) is 15.4 Å². The Hall–Kier alpha value is -2.77. The van der Waals surface area contributed by atoms with Crippen LogP contribution in [0.15, 0.2) is 36.4 Å². The van der Waals surface area contributed by atoms with Crippen LogP contribution in [-0.2, 0) is 11.3 Å². The average molecular weight is 414 g/mol. The van der Waals surface area contributed by atoms with Crippen LogP contribution < -0.4 is 29.3 Å². The Balaban J connectivity index is 1.30. The van der Waals surface area contributed by atoms with Gasteiger partial charge in [0.1, 0.15) is 38.5 Å². The molecule has 1 atom stereocenters. The topological polar surface area (TPSA) is 65.7 Å². The van der Waals surface area contributed by atoms with E-state index in [4.69, 9.17) is 14.2 Å². The molecule has 2 aliphatic rings. The van der Waals surface area contributed by atoms with Crippen molar-refractivity contribution in [1.82, 2.24) is 0 Å². The molecule has 4 rings (SSSR count). The number of amides is 1. The summed E-state index contributed by atoms with van der Waals surface area (Å²) < 4.78 is 16.3. The van der Waals surface area contributed by atoms with Crippen LogP contribution in [0.4, 0.5) is 5.69 Å². The van der Waals surface area contributed by atoms with E-state index >= 15 is 0 Å². The van der Waals surface area contributed by atoms with E-state index in [2.05, 4.69) is 17.4 Å². The van der Waals surface area contributed by atoms with Crippen LogP contribution in [0.25, 0.3) is 0 Å². The summed E-state index contributed by atoms with van der Waals surface area (Å²) in [7, 11) is 1.62. The van der Waals surface area contributed by atoms with Crippen molar-refractivity contribution < 1.29 is 28.8 Å². The van der Waals surface area contributed by atoms with Crippen molar-refractivity contribution in [3.63, 3.8) is 0 Å². The summed E-state index contributed by atoms with van der Waals surface area (Å²) in [6.45, 7) is 9.30. The van der Waals surface area contributed by atoms with Gasteiger partial charge in [-0.2, -0.15) is 0 Å². The number of ether oxygens (including phenoxy) is 3. The number of hydrogen-bond acceptors (Lipinski definition) is 4. The lowest BCUT2D eigenvalue weighted by Crippen LogP contribution is -3.29. The van der Waals surface area contributed by atoms with Crippen LogP contribution in [0, 0.1) is 6.92 Å². The highest BCUT2D eigenvalue weighted by Gasteiger charge is 2.31. The van der Waals surface area contributed by atoms with Crippen LogP contribution in [0.3, 0.4) is 0 Å². The van der Waals surface area contributed by atoms with Crippen molar-refractivity contribution in [1.29, 1.82) is 0 Å². The molecule has 0 radical (unpaired) electrons. The maximum atomic E-state index is 12.9. The third-order valence-corrected chi connectivity index (χ3v) is 6.11. The number of nitrogens with one attached hydrogen (secondary N) is 3. The summed E-state index contributed by atoms with van der Waals surface area (Å²) in [5.41, 5.74) is 3.09. The predicted octanol–water partition coefficient (Wildman–Crippen LogP) is 0.0429. The minimum atomic E-state index is -0.109. The summed E-state index contributed by atoms with van der Waals surface area (Å²) in [6, 6.07) is 11.9. The lowest BCUT2D eigenvalue weighted by Gasteiger charge is -2.32. The van der Waals surface area contributed by atoms with Crippen LogP contribution in [0.5, 0.6) is 17.2 Å². The number of anilines is 1. The van der Waals surface area contributed by atoms with Crippen molar-refractivity contribution in [2.75, 3.05) is 45.4 Å². The zero-order valence-corrected chi connectivity index (χ0v) is 17.9. The molecule has 0 saturated carbocycles. The molecule has 0 aliphatic carbocycles. The number of methoxy groups -OCH3 is 1. The second-order valence-electron chi connectivity index (χ2n) is 8.19. The molecular weight excluding hydrogens is 382 g/mol. The van der Waals surface area contributed by atoms with Crippen molar-refractivity contribution in [3.05, 3.63) is 47.5 Å². The SMILES string of the molecule is COc1ccc(C)cc1NC(=O)[C@@H](C)[NH+]1CC[NH+](Cc2ccc3c(c2)OCO3)CC1. The fourth-order valence-corrected chi connectivity index (χ4v) is 4.22. The molecule has 0 bridgehead atoms. The zero-order valence-electron chi connectivity index (χ0n) is 17.9. The van der Waals surface area contributed by atoms with Crippen molar-refractivity contribution in [3.8, 4) is 17.2 Å². The lowest BCUT2D eigenvalue weighted by molar-refractivity contribution is -1.02. The maximum absolute atomic E-state index is 12.9. The number of carbonyl (C=O) groups is 1. The molecule has 0 spiro atoms. The molecule has 0 unspecified atom stereocenters. The van der Waals surface area contributed by atoms with Gasteiger partial charge < -0.3 is 29.3 Å². The Morgan fingerprint density at radius 2 is 1.87 bits per heavy atom. The highest BCUT2D eigenvalue weighted by molar-refractivity contribution is 5.95. The minimum absolute atomic E-state index is 0.0353. The fourth-order valence-electron chi connectivity index (χ4n) is 4.22. The number of hydrogen-bond donors (Lipinski definition) is 3. The minimum Gasteiger partial charge on any atom is -0.495 e. The molecule has 160 valence electrons. The van der Waals surface area contributed by atoms with Crippen LogP contribution >= 0.6 is 0 Å². The molecule has 3 N–H and O–H groups in total. The summed E-state index contributed by atoms with van der Waals surface area (Å²) in [5, 5.41) is 3.06. The van der Waals surface area contributed by atoms with Crippen LogP contribution in [0.1, 0.15) is 18.1 Å². The summed E-state index contributed by atoms with van der Waals surface area (Å²) in [6.07, 6.45) is 0. The van der Waals surface area contributed by atoms with E-state index in [-0.39, 0.29) is 11.9 Å². The molecule has 7 nitrogen and oxygen atoms in total. The highest BCUT2D eigenvalue weighted by atomic mass is 16.7. The molecule has 30 heavy (non-hydrogen) atoms. The van der Waals surface area contributed by atoms with Gasteiger partial charge in [0.05, 0.1) is 12.8 Å². The Morgan fingerprint density at radius 3 is 2.63 bits per heavy atom. The first-order valence-electron chi connectivity index (χ1n) is 10.6. The third-order valence-electron chi connectivity index (χ3n) is 6.11. The smallest absolute Gasteiger partial charge is 0.282 e. The van der Waals surface area contributed by atoms with E-state index in [1.54, 1.807) is 7.11 Å². The quantitative estimate of drug-likeness (QED) is 0.626. The van der Waals surface area contributed by atoms with E-state index < -0.39 is 0 Å². The zero-order chi connectivity index (χ0) is 21.1. The van der Waals surface area contributed by atoms with Gasteiger partial charge in [0.25, 0.3) is 5.91 Å². The Kier molecular flexibility index (Phi) is 6.11. The molecule has 2 aromatic carbocycles. The Morgan fingerprint density at radius 1 is 1.10 bits per heavy atom. The number of fused-ring (bicyclic) bond motifs is 1. The number of carbonyl (C=O) groups excluding carboxylic acids is 1. The first-order valence-corrected chi connectivity index (χ1v) is 10.6. The largest absolute Gasteiger partial charge is 0.495 e. The number of quaternary nitrogens is 2. The summed E-state index contributed by atoms with van der Waals surface area (Å²) in [5.74, 6) is 2.39. The van der Waals surface area contributed by atoms with E-state index in [1.807, 2.05) is 38.1 Å². The van der Waals surface area contributed by atoms with Crippen LogP contribution in [-0.4, -0.2) is 52.0 Å². The van der Waals surface area contributed by atoms with Gasteiger partial charge in [0.2, 0.25) is 6.79 Å². The van der Waals surface area contributed by atoms with Gasteiger partial charge in [0, 0.05) is 5.56 Å². The normalized spacial score (nSPS) is 21.2. The van der Waals surface area contributed by atoms with Gasteiger partial charge in [-0.3, -0.25) is 4.79 Å². The van der Waals surface area contributed by atoms with Crippen molar-refractivity contribution in [2.45, 2.75) is 26.4 Å². The van der Waals surface area contributed by atoms with E-state index in [0.717, 1.165) is 55.5 Å². The first kappa shape index (κ1) is 20.5. The predicted molar refractivity (Wildman–Crippen MR) is 113 cm³/mol. The number of benzene rings is 2. The molecule has 7 heteroatoms. The van der Waals surface area contributed by atoms with E-state index in [0.29, 0.717) is 12.5 Å². The van der Waals surface area contributed by atoms with Gasteiger partial charge >= 0.3 is 0 Å².